The number of fused-ring (bicyclic) bond motifs is 1. The molecule has 17 heavy (non-hydrogen) atoms. The Kier molecular flexibility index (Phi) is 2.28. The molecule has 88 valence electrons. The molecule has 0 amide bonds. The van der Waals surface area contributed by atoms with E-state index in [1.165, 1.54) is 11.3 Å². The zero-order valence-electron chi connectivity index (χ0n) is 9.93. The van der Waals surface area contributed by atoms with Crippen molar-refractivity contribution in [1.29, 1.82) is 0 Å². The molecular formula is C13H16N4. The van der Waals surface area contributed by atoms with Gasteiger partial charge in [0.05, 0.1) is 12.2 Å². The molecule has 1 aromatic carbocycles. The van der Waals surface area contributed by atoms with E-state index in [2.05, 4.69) is 34.3 Å². The highest BCUT2D eigenvalue weighted by atomic mass is 15.3. The fourth-order valence-electron chi connectivity index (χ4n) is 2.39. The summed E-state index contributed by atoms with van der Waals surface area (Å²) in [6, 6.07) is 10.5. The minimum Gasteiger partial charge on any atom is -0.384 e. The lowest BCUT2D eigenvalue weighted by Crippen LogP contribution is -2.20. The van der Waals surface area contributed by atoms with Gasteiger partial charge in [0.15, 0.2) is 0 Å². The number of para-hydroxylation sites is 1. The molecule has 2 N–H and O–H groups in total. The van der Waals surface area contributed by atoms with Crippen molar-refractivity contribution in [2.75, 3.05) is 17.2 Å². The SMILES string of the molecule is Cn1nc(CN2CCc3ccccc32)cc1N. The highest BCUT2D eigenvalue weighted by molar-refractivity contribution is 5.58. The molecule has 4 nitrogen and oxygen atoms in total. The van der Waals surface area contributed by atoms with Crippen LogP contribution in [0.3, 0.4) is 0 Å². The van der Waals surface area contributed by atoms with E-state index < -0.39 is 0 Å². The van der Waals surface area contributed by atoms with E-state index in [9.17, 15) is 0 Å². The van der Waals surface area contributed by atoms with Crippen molar-refractivity contribution in [2.45, 2.75) is 13.0 Å². The average molecular weight is 228 g/mol. The van der Waals surface area contributed by atoms with Crippen LogP contribution in [-0.4, -0.2) is 16.3 Å². The van der Waals surface area contributed by atoms with Crippen LogP contribution in [0.5, 0.6) is 0 Å². The third kappa shape index (κ3) is 1.75. The number of nitrogen functional groups attached to an aromatic ring is 1. The van der Waals surface area contributed by atoms with Crippen LogP contribution in [0, 0.1) is 0 Å². The summed E-state index contributed by atoms with van der Waals surface area (Å²) < 4.78 is 1.72. The second-order valence-electron chi connectivity index (χ2n) is 4.48. The predicted octanol–water partition coefficient (Wildman–Crippen LogP) is 1.56. The van der Waals surface area contributed by atoms with Crippen molar-refractivity contribution in [2.24, 2.45) is 7.05 Å². The molecule has 0 saturated carbocycles. The molecule has 0 saturated heterocycles. The summed E-state index contributed by atoms with van der Waals surface area (Å²) in [5.41, 5.74) is 9.58. The van der Waals surface area contributed by atoms with Crippen LogP contribution in [0.2, 0.25) is 0 Å². The van der Waals surface area contributed by atoms with Crippen LogP contribution in [0.1, 0.15) is 11.3 Å². The first-order valence-electron chi connectivity index (χ1n) is 5.85. The summed E-state index contributed by atoms with van der Waals surface area (Å²) in [6.07, 6.45) is 1.12. The van der Waals surface area contributed by atoms with Crippen LogP contribution in [0.15, 0.2) is 30.3 Å². The number of rotatable bonds is 2. The van der Waals surface area contributed by atoms with Crippen molar-refractivity contribution in [3.8, 4) is 0 Å². The molecule has 0 unspecified atom stereocenters. The summed E-state index contributed by atoms with van der Waals surface area (Å²) >= 11 is 0. The van der Waals surface area contributed by atoms with Crippen molar-refractivity contribution in [3.63, 3.8) is 0 Å². The minimum atomic E-state index is 0.715. The minimum absolute atomic E-state index is 0.715. The summed E-state index contributed by atoms with van der Waals surface area (Å²) in [7, 11) is 1.87. The number of benzene rings is 1. The van der Waals surface area contributed by atoms with Gasteiger partial charge in [0.25, 0.3) is 0 Å². The molecule has 1 aromatic heterocycles. The maximum Gasteiger partial charge on any atom is 0.121 e. The average Bonchev–Trinajstić information content (AvgIpc) is 2.85. The molecule has 0 radical (unpaired) electrons. The van der Waals surface area contributed by atoms with Gasteiger partial charge in [0.2, 0.25) is 0 Å². The molecule has 2 heterocycles. The number of anilines is 2. The van der Waals surface area contributed by atoms with Crippen molar-refractivity contribution in [3.05, 3.63) is 41.6 Å². The summed E-state index contributed by atoms with van der Waals surface area (Å²) in [5.74, 6) is 0.715. The Bertz CT molecular complexity index is 525. The Hall–Kier alpha value is -1.97. The Morgan fingerprint density at radius 2 is 2.18 bits per heavy atom. The van der Waals surface area contributed by atoms with Crippen LogP contribution in [0.25, 0.3) is 0 Å². The smallest absolute Gasteiger partial charge is 0.121 e. The lowest BCUT2D eigenvalue weighted by atomic mass is 10.2. The highest BCUT2D eigenvalue weighted by Gasteiger charge is 2.19. The van der Waals surface area contributed by atoms with Crippen molar-refractivity contribution >= 4 is 11.5 Å². The zero-order valence-corrected chi connectivity index (χ0v) is 9.93. The van der Waals surface area contributed by atoms with E-state index in [0.29, 0.717) is 5.82 Å². The molecule has 0 spiro atoms. The van der Waals surface area contributed by atoms with E-state index in [0.717, 1.165) is 25.2 Å². The first-order chi connectivity index (χ1) is 8.24. The van der Waals surface area contributed by atoms with E-state index in [-0.39, 0.29) is 0 Å². The van der Waals surface area contributed by atoms with Gasteiger partial charge in [-0.25, -0.2) is 0 Å². The highest BCUT2D eigenvalue weighted by Crippen LogP contribution is 2.28. The van der Waals surface area contributed by atoms with Crippen LogP contribution < -0.4 is 10.6 Å². The third-order valence-electron chi connectivity index (χ3n) is 3.30. The Morgan fingerprint density at radius 1 is 1.35 bits per heavy atom. The van der Waals surface area contributed by atoms with Gasteiger partial charge in [-0.2, -0.15) is 5.10 Å². The molecule has 4 heteroatoms. The fraction of sp³-hybridized carbons (Fsp3) is 0.308. The van der Waals surface area contributed by atoms with Crippen molar-refractivity contribution < 1.29 is 0 Å². The largest absolute Gasteiger partial charge is 0.384 e. The monoisotopic (exact) mass is 228 g/mol. The standard InChI is InChI=1S/C13H16N4/c1-16-13(14)8-11(15-16)9-17-7-6-10-4-2-3-5-12(10)17/h2-5,8H,6-7,9,14H2,1H3. The van der Waals surface area contributed by atoms with Crippen molar-refractivity contribution in [1.82, 2.24) is 9.78 Å². The summed E-state index contributed by atoms with van der Waals surface area (Å²) in [6.45, 7) is 1.90. The quantitative estimate of drug-likeness (QED) is 0.848. The van der Waals surface area contributed by atoms with Gasteiger partial charge in [-0.1, -0.05) is 18.2 Å². The molecule has 0 fully saturated rings. The number of nitrogens with two attached hydrogens (primary N) is 1. The zero-order chi connectivity index (χ0) is 11.8. The molecule has 2 aromatic rings. The Labute approximate surface area is 101 Å². The van der Waals surface area contributed by atoms with E-state index >= 15 is 0 Å². The van der Waals surface area contributed by atoms with Gasteiger partial charge in [-0.05, 0) is 18.1 Å². The van der Waals surface area contributed by atoms with Gasteiger partial charge in [0.1, 0.15) is 5.82 Å². The molecule has 0 aliphatic carbocycles. The molecule has 3 rings (SSSR count). The van der Waals surface area contributed by atoms with Gasteiger partial charge < -0.3 is 10.6 Å². The number of aryl methyl sites for hydroxylation is 1. The first kappa shape index (κ1) is 10.2. The maximum atomic E-state index is 5.79. The number of hydrogen-bond acceptors (Lipinski definition) is 3. The predicted molar refractivity (Wildman–Crippen MR) is 68.8 cm³/mol. The van der Waals surface area contributed by atoms with Crippen LogP contribution in [0.4, 0.5) is 11.5 Å². The Balaban J connectivity index is 1.84. The van der Waals surface area contributed by atoms with Gasteiger partial charge in [-0.15, -0.1) is 0 Å². The summed E-state index contributed by atoms with van der Waals surface area (Å²) in [5, 5.41) is 4.40. The van der Waals surface area contributed by atoms with Crippen LogP contribution >= 0.6 is 0 Å². The number of nitrogens with zero attached hydrogens (tertiary/aromatic N) is 3. The normalized spacial score (nSPS) is 14.1. The summed E-state index contributed by atoms with van der Waals surface area (Å²) in [4.78, 5) is 2.36. The van der Waals surface area contributed by atoms with Gasteiger partial charge in [0, 0.05) is 25.3 Å². The Morgan fingerprint density at radius 3 is 2.94 bits per heavy atom. The molecule has 0 atom stereocenters. The molecular weight excluding hydrogens is 212 g/mol. The third-order valence-corrected chi connectivity index (χ3v) is 3.30. The van der Waals surface area contributed by atoms with E-state index in [1.54, 1.807) is 4.68 Å². The van der Waals surface area contributed by atoms with E-state index in [4.69, 9.17) is 5.73 Å². The first-order valence-corrected chi connectivity index (χ1v) is 5.85. The lowest BCUT2D eigenvalue weighted by Gasteiger charge is -2.17. The lowest BCUT2D eigenvalue weighted by molar-refractivity contribution is 0.731. The number of aromatic nitrogens is 2. The van der Waals surface area contributed by atoms with E-state index in [1.807, 2.05) is 13.1 Å². The second-order valence-corrected chi connectivity index (χ2v) is 4.48. The fourth-order valence-corrected chi connectivity index (χ4v) is 2.39. The number of hydrogen-bond donors (Lipinski definition) is 1. The van der Waals surface area contributed by atoms with Gasteiger partial charge >= 0.3 is 0 Å². The topological polar surface area (TPSA) is 47.1 Å². The second kappa shape index (κ2) is 3.80. The molecule has 1 aliphatic rings. The molecule has 0 bridgehead atoms. The molecule has 1 aliphatic heterocycles. The van der Waals surface area contributed by atoms with Gasteiger partial charge in [-0.3, -0.25) is 4.68 Å². The maximum absolute atomic E-state index is 5.79. The van der Waals surface area contributed by atoms with Crippen LogP contribution in [-0.2, 0) is 20.0 Å².